The van der Waals surface area contributed by atoms with E-state index in [2.05, 4.69) is 9.97 Å². The van der Waals surface area contributed by atoms with Crippen molar-refractivity contribution in [1.29, 1.82) is 0 Å². The van der Waals surface area contributed by atoms with Crippen molar-refractivity contribution in [3.05, 3.63) is 23.8 Å². The van der Waals surface area contributed by atoms with Crippen molar-refractivity contribution in [1.82, 2.24) is 9.97 Å². The van der Waals surface area contributed by atoms with Crippen molar-refractivity contribution >= 4 is 0 Å². The predicted octanol–water partition coefficient (Wildman–Crippen LogP) is 1.64. The van der Waals surface area contributed by atoms with Crippen LogP contribution in [-0.2, 0) is 6.42 Å². The Balaban J connectivity index is 2.21. The minimum absolute atomic E-state index is 0.666. The van der Waals surface area contributed by atoms with Gasteiger partial charge in [-0.25, -0.2) is 9.97 Å². The van der Waals surface area contributed by atoms with Crippen molar-refractivity contribution in [3.8, 4) is 0 Å². The zero-order chi connectivity index (χ0) is 9.80. The van der Waals surface area contributed by atoms with E-state index >= 15 is 0 Å². The number of nitrogens with two attached hydrogens (primary N) is 1. The fourth-order valence-corrected chi connectivity index (χ4v) is 2.28. The van der Waals surface area contributed by atoms with Crippen LogP contribution in [0, 0.1) is 0 Å². The molecule has 0 bridgehead atoms. The molecule has 0 unspecified atom stereocenters. The van der Waals surface area contributed by atoms with Crippen LogP contribution >= 0.6 is 0 Å². The molecule has 1 fully saturated rings. The SMILES string of the molecule is NCCc1cncnc1C1CCCC1. The summed E-state index contributed by atoms with van der Waals surface area (Å²) in [6, 6.07) is 0. The monoisotopic (exact) mass is 191 g/mol. The minimum atomic E-state index is 0.666. The lowest BCUT2D eigenvalue weighted by molar-refractivity contribution is 0.678. The third-order valence-corrected chi connectivity index (χ3v) is 2.98. The molecule has 0 radical (unpaired) electrons. The summed E-state index contributed by atoms with van der Waals surface area (Å²) in [6.07, 6.45) is 9.75. The first-order valence-corrected chi connectivity index (χ1v) is 5.40. The molecular weight excluding hydrogens is 174 g/mol. The minimum Gasteiger partial charge on any atom is -0.330 e. The highest BCUT2D eigenvalue weighted by Crippen LogP contribution is 2.34. The van der Waals surface area contributed by atoms with Gasteiger partial charge in [0.1, 0.15) is 6.33 Å². The Kier molecular flexibility index (Phi) is 3.09. The first-order valence-electron chi connectivity index (χ1n) is 5.40. The van der Waals surface area contributed by atoms with Gasteiger partial charge < -0.3 is 5.73 Å². The van der Waals surface area contributed by atoms with Crippen LogP contribution in [0.2, 0.25) is 0 Å². The molecule has 76 valence electrons. The van der Waals surface area contributed by atoms with Crippen LogP contribution in [-0.4, -0.2) is 16.5 Å². The molecule has 2 N–H and O–H groups in total. The highest BCUT2D eigenvalue weighted by atomic mass is 14.8. The molecule has 2 rings (SSSR count). The zero-order valence-electron chi connectivity index (χ0n) is 8.45. The van der Waals surface area contributed by atoms with Crippen molar-refractivity contribution in [2.24, 2.45) is 5.73 Å². The highest BCUT2D eigenvalue weighted by Gasteiger charge is 2.20. The largest absolute Gasteiger partial charge is 0.330 e. The molecule has 0 atom stereocenters. The van der Waals surface area contributed by atoms with Crippen LogP contribution < -0.4 is 5.73 Å². The van der Waals surface area contributed by atoms with Gasteiger partial charge in [0.2, 0.25) is 0 Å². The van der Waals surface area contributed by atoms with Gasteiger partial charge >= 0.3 is 0 Å². The van der Waals surface area contributed by atoms with Gasteiger partial charge in [-0.15, -0.1) is 0 Å². The van der Waals surface area contributed by atoms with Gasteiger partial charge in [-0.3, -0.25) is 0 Å². The second kappa shape index (κ2) is 4.51. The number of hydrogen-bond acceptors (Lipinski definition) is 3. The van der Waals surface area contributed by atoms with Crippen molar-refractivity contribution in [2.45, 2.75) is 38.0 Å². The maximum absolute atomic E-state index is 5.57. The standard InChI is InChI=1S/C11H17N3/c12-6-5-10-7-13-8-14-11(10)9-3-1-2-4-9/h7-9H,1-6,12H2. The molecule has 1 saturated carbocycles. The Labute approximate surface area is 84.8 Å². The van der Waals surface area contributed by atoms with Crippen molar-refractivity contribution in [2.75, 3.05) is 6.54 Å². The zero-order valence-corrected chi connectivity index (χ0v) is 8.45. The van der Waals surface area contributed by atoms with Crippen LogP contribution in [0.4, 0.5) is 0 Å². The van der Waals surface area contributed by atoms with Gasteiger partial charge in [0.05, 0.1) is 5.69 Å². The summed E-state index contributed by atoms with van der Waals surface area (Å²) >= 11 is 0. The summed E-state index contributed by atoms with van der Waals surface area (Å²) < 4.78 is 0. The van der Waals surface area contributed by atoms with E-state index < -0.39 is 0 Å². The molecule has 1 aromatic rings. The van der Waals surface area contributed by atoms with E-state index in [0.29, 0.717) is 12.5 Å². The average Bonchev–Trinajstić information content (AvgIpc) is 2.72. The van der Waals surface area contributed by atoms with Gasteiger partial charge in [0.25, 0.3) is 0 Å². The van der Waals surface area contributed by atoms with E-state index in [-0.39, 0.29) is 0 Å². The lowest BCUT2D eigenvalue weighted by Crippen LogP contribution is -2.09. The molecule has 0 aromatic carbocycles. The lowest BCUT2D eigenvalue weighted by Gasteiger charge is -2.12. The summed E-state index contributed by atoms with van der Waals surface area (Å²) in [7, 11) is 0. The van der Waals surface area contributed by atoms with E-state index in [1.54, 1.807) is 6.33 Å². The van der Waals surface area contributed by atoms with E-state index in [0.717, 1.165) is 6.42 Å². The van der Waals surface area contributed by atoms with Crippen LogP contribution in [0.1, 0.15) is 42.9 Å². The number of aromatic nitrogens is 2. The van der Waals surface area contributed by atoms with Gasteiger partial charge in [-0.05, 0) is 31.4 Å². The second-order valence-electron chi connectivity index (χ2n) is 3.95. The normalized spacial score (nSPS) is 17.5. The Bertz CT molecular complexity index is 292. The van der Waals surface area contributed by atoms with Gasteiger partial charge in [0.15, 0.2) is 0 Å². The number of rotatable bonds is 3. The number of nitrogens with zero attached hydrogens (tertiary/aromatic N) is 2. The molecule has 1 aliphatic rings. The Morgan fingerprint density at radius 1 is 1.36 bits per heavy atom. The van der Waals surface area contributed by atoms with E-state index in [9.17, 15) is 0 Å². The molecule has 0 aliphatic heterocycles. The Morgan fingerprint density at radius 3 is 2.86 bits per heavy atom. The van der Waals surface area contributed by atoms with Crippen molar-refractivity contribution in [3.63, 3.8) is 0 Å². The maximum atomic E-state index is 5.57. The molecule has 0 saturated heterocycles. The van der Waals surface area contributed by atoms with Crippen LogP contribution in [0.3, 0.4) is 0 Å². The van der Waals surface area contributed by atoms with E-state index in [1.807, 2.05) is 6.20 Å². The molecule has 0 amide bonds. The molecule has 0 spiro atoms. The van der Waals surface area contributed by atoms with Crippen LogP contribution in [0.5, 0.6) is 0 Å². The summed E-state index contributed by atoms with van der Waals surface area (Å²) in [6.45, 7) is 0.688. The first kappa shape index (κ1) is 9.59. The Hall–Kier alpha value is -0.960. The summed E-state index contributed by atoms with van der Waals surface area (Å²) in [5.41, 5.74) is 8.08. The molecule has 3 heteroatoms. The Morgan fingerprint density at radius 2 is 2.14 bits per heavy atom. The quantitative estimate of drug-likeness (QED) is 0.790. The maximum Gasteiger partial charge on any atom is 0.115 e. The average molecular weight is 191 g/mol. The third-order valence-electron chi connectivity index (χ3n) is 2.98. The van der Waals surface area contributed by atoms with Crippen LogP contribution in [0.25, 0.3) is 0 Å². The molecule has 1 aromatic heterocycles. The van der Waals surface area contributed by atoms with Gasteiger partial charge in [-0.2, -0.15) is 0 Å². The molecule has 3 nitrogen and oxygen atoms in total. The highest BCUT2D eigenvalue weighted by molar-refractivity contribution is 5.21. The lowest BCUT2D eigenvalue weighted by atomic mass is 9.98. The molecule has 1 aliphatic carbocycles. The van der Waals surface area contributed by atoms with Gasteiger partial charge in [-0.1, -0.05) is 12.8 Å². The second-order valence-corrected chi connectivity index (χ2v) is 3.95. The first-order chi connectivity index (χ1) is 6.92. The number of hydrogen-bond donors (Lipinski definition) is 1. The molecule has 14 heavy (non-hydrogen) atoms. The summed E-state index contributed by atoms with van der Waals surface area (Å²) in [5, 5.41) is 0. The van der Waals surface area contributed by atoms with Gasteiger partial charge in [0, 0.05) is 12.1 Å². The molecular formula is C11H17N3. The summed E-state index contributed by atoms with van der Waals surface area (Å²) in [4.78, 5) is 8.48. The fourth-order valence-electron chi connectivity index (χ4n) is 2.28. The van der Waals surface area contributed by atoms with E-state index in [4.69, 9.17) is 5.73 Å². The summed E-state index contributed by atoms with van der Waals surface area (Å²) in [5.74, 6) is 0.666. The van der Waals surface area contributed by atoms with Crippen LogP contribution in [0.15, 0.2) is 12.5 Å². The molecule has 1 heterocycles. The predicted molar refractivity (Wildman–Crippen MR) is 56.0 cm³/mol. The van der Waals surface area contributed by atoms with Crippen molar-refractivity contribution < 1.29 is 0 Å². The fraction of sp³-hybridized carbons (Fsp3) is 0.636. The smallest absolute Gasteiger partial charge is 0.115 e. The topological polar surface area (TPSA) is 51.8 Å². The van der Waals surface area contributed by atoms with E-state index in [1.165, 1.54) is 36.9 Å². The third kappa shape index (κ3) is 1.93.